The third-order valence-electron chi connectivity index (χ3n) is 4.22. The van der Waals surface area contributed by atoms with Crippen LogP contribution in [-0.4, -0.2) is 27.8 Å². The van der Waals surface area contributed by atoms with Crippen molar-refractivity contribution in [3.05, 3.63) is 46.2 Å². The number of carbonyl (C=O) groups excluding carboxylic acids is 1. The number of carbonyl (C=O) groups is 1. The highest BCUT2D eigenvalue weighted by Crippen LogP contribution is 2.24. The number of likely N-dealkylation sites (tertiary alicyclic amines) is 1. The summed E-state index contributed by atoms with van der Waals surface area (Å²) in [6, 6.07) is 8.09. The van der Waals surface area contributed by atoms with Gasteiger partial charge in [-0.2, -0.15) is 5.26 Å². The number of nitro benzene ring substituents is 1. The number of anilines is 1. The molecular formula is C17H20N4O3. The van der Waals surface area contributed by atoms with Gasteiger partial charge in [0.25, 0.3) is 11.6 Å². The highest BCUT2D eigenvalue weighted by Gasteiger charge is 2.23. The molecule has 7 heteroatoms. The summed E-state index contributed by atoms with van der Waals surface area (Å²) >= 11 is 0. The van der Waals surface area contributed by atoms with E-state index in [0.29, 0.717) is 0 Å². The van der Waals surface area contributed by atoms with Gasteiger partial charge >= 0.3 is 0 Å². The first-order valence-electron chi connectivity index (χ1n) is 7.87. The van der Waals surface area contributed by atoms with Gasteiger partial charge in [-0.15, -0.1) is 0 Å². The Morgan fingerprint density at radius 1 is 1.42 bits per heavy atom. The maximum Gasteiger partial charge on any atom is 0.271 e. The molecule has 0 spiro atoms. The molecule has 0 radical (unpaired) electrons. The SMILES string of the molecule is CC1CCCC(C)N1/C=C(/C#N)C(=O)Nc1cccc([N+](=O)[O-])c1. The third kappa shape index (κ3) is 4.10. The summed E-state index contributed by atoms with van der Waals surface area (Å²) in [4.78, 5) is 24.6. The normalized spacial score (nSPS) is 21.0. The van der Waals surface area contributed by atoms with Crippen LogP contribution in [0.4, 0.5) is 11.4 Å². The second-order valence-corrected chi connectivity index (χ2v) is 5.99. The molecule has 24 heavy (non-hydrogen) atoms. The van der Waals surface area contributed by atoms with Crippen LogP contribution in [0.3, 0.4) is 0 Å². The summed E-state index contributed by atoms with van der Waals surface area (Å²) in [5.74, 6) is -0.567. The first kappa shape index (κ1) is 17.5. The van der Waals surface area contributed by atoms with Crippen molar-refractivity contribution in [1.82, 2.24) is 4.90 Å². The minimum absolute atomic E-state index is 0.0119. The van der Waals surface area contributed by atoms with Crippen LogP contribution in [0.25, 0.3) is 0 Å². The molecule has 126 valence electrons. The van der Waals surface area contributed by atoms with Gasteiger partial charge in [-0.1, -0.05) is 6.07 Å². The lowest BCUT2D eigenvalue weighted by atomic mass is 9.98. The van der Waals surface area contributed by atoms with Gasteiger partial charge in [0.15, 0.2) is 0 Å². The van der Waals surface area contributed by atoms with E-state index in [-0.39, 0.29) is 29.0 Å². The Balaban J connectivity index is 2.17. The lowest BCUT2D eigenvalue weighted by Gasteiger charge is -2.38. The number of nitrogens with zero attached hydrogens (tertiary/aromatic N) is 3. The molecule has 0 saturated carbocycles. The Kier molecular flexibility index (Phi) is 5.53. The minimum Gasteiger partial charge on any atom is -0.371 e. The number of nitriles is 1. The van der Waals surface area contributed by atoms with Crippen molar-refractivity contribution < 1.29 is 9.72 Å². The number of nitrogens with one attached hydrogen (secondary N) is 1. The van der Waals surface area contributed by atoms with E-state index in [2.05, 4.69) is 19.2 Å². The van der Waals surface area contributed by atoms with Crippen LogP contribution in [0.5, 0.6) is 0 Å². The molecule has 2 unspecified atom stereocenters. The Hall–Kier alpha value is -2.88. The van der Waals surface area contributed by atoms with Crippen molar-refractivity contribution >= 4 is 17.3 Å². The second-order valence-electron chi connectivity index (χ2n) is 5.99. The smallest absolute Gasteiger partial charge is 0.271 e. The van der Waals surface area contributed by atoms with Gasteiger partial charge in [0.1, 0.15) is 11.6 Å². The van der Waals surface area contributed by atoms with Crippen LogP contribution in [0.15, 0.2) is 36.0 Å². The van der Waals surface area contributed by atoms with Gasteiger partial charge in [-0.25, -0.2) is 0 Å². The predicted octanol–water partition coefficient (Wildman–Crippen LogP) is 3.20. The average molecular weight is 328 g/mol. The molecule has 1 fully saturated rings. The monoisotopic (exact) mass is 328 g/mol. The standard InChI is InChI=1S/C17H20N4O3/c1-12-5-3-6-13(2)20(12)11-14(10-18)17(22)19-15-7-4-8-16(9-15)21(23)24/h4,7-9,11-13H,3,5-6H2,1-2H3,(H,19,22)/b14-11-. The van der Waals surface area contributed by atoms with Crippen LogP contribution >= 0.6 is 0 Å². The highest BCUT2D eigenvalue weighted by atomic mass is 16.6. The van der Waals surface area contributed by atoms with Crippen molar-refractivity contribution in [1.29, 1.82) is 5.26 Å². The van der Waals surface area contributed by atoms with Gasteiger partial charge in [0.2, 0.25) is 0 Å². The molecule has 0 aromatic heterocycles. The average Bonchev–Trinajstić information content (AvgIpc) is 2.54. The maximum atomic E-state index is 12.3. The van der Waals surface area contributed by atoms with E-state index in [4.69, 9.17) is 0 Å². The van der Waals surface area contributed by atoms with Crippen LogP contribution in [0, 0.1) is 21.4 Å². The molecule has 1 N–H and O–H groups in total. The second kappa shape index (κ2) is 7.59. The molecular weight excluding hydrogens is 308 g/mol. The maximum absolute atomic E-state index is 12.3. The molecule has 2 rings (SSSR count). The molecule has 2 atom stereocenters. The zero-order valence-corrected chi connectivity index (χ0v) is 13.7. The Labute approximate surface area is 140 Å². The predicted molar refractivity (Wildman–Crippen MR) is 90.0 cm³/mol. The van der Waals surface area contributed by atoms with E-state index < -0.39 is 10.8 Å². The van der Waals surface area contributed by atoms with Crippen molar-refractivity contribution in [2.45, 2.75) is 45.2 Å². The molecule has 0 aliphatic carbocycles. The quantitative estimate of drug-likeness (QED) is 0.396. The van der Waals surface area contributed by atoms with Gasteiger partial charge < -0.3 is 10.2 Å². The third-order valence-corrected chi connectivity index (χ3v) is 4.22. The molecule has 1 heterocycles. The van der Waals surface area contributed by atoms with Crippen LogP contribution in [0.2, 0.25) is 0 Å². The van der Waals surface area contributed by atoms with E-state index in [9.17, 15) is 20.2 Å². The summed E-state index contributed by atoms with van der Waals surface area (Å²) in [6.07, 6.45) is 4.77. The summed E-state index contributed by atoms with van der Waals surface area (Å²) in [5.41, 5.74) is 0.158. The molecule has 1 aromatic rings. The topological polar surface area (TPSA) is 99.3 Å². The van der Waals surface area contributed by atoms with Crippen LogP contribution < -0.4 is 5.32 Å². The number of amides is 1. The summed E-state index contributed by atoms with van der Waals surface area (Å²) in [5, 5.41) is 22.6. The first-order chi connectivity index (χ1) is 11.4. The van der Waals surface area contributed by atoms with Gasteiger partial charge in [0, 0.05) is 36.1 Å². The molecule has 1 aliphatic heterocycles. The molecule has 1 amide bonds. The minimum atomic E-state index is -0.567. The Morgan fingerprint density at radius 3 is 2.67 bits per heavy atom. The van der Waals surface area contributed by atoms with E-state index in [1.165, 1.54) is 18.2 Å². The van der Waals surface area contributed by atoms with E-state index >= 15 is 0 Å². The fraction of sp³-hybridized carbons (Fsp3) is 0.412. The van der Waals surface area contributed by atoms with Crippen molar-refractivity contribution in [3.8, 4) is 6.07 Å². The van der Waals surface area contributed by atoms with Gasteiger partial charge in [0.05, 0.1) is 4.92 Å². The molecule has 1 aliphatic rings. The van der Waals surface area contributed by atoms with Gasteiger partial charge in [-0.05, 0) is 39.2 Å². The van der Waals surface area contributed by atoms with E-state index in [1.54, 1.807) is 12.3 Å². The number of piperidine rings is 1. The molecule has 0 bridgehead atoms. The van der Waals surface area contributed by atoms with Crippen molar-refractivity contribution in [3.63, 3.8) is 0 Å². The summed E-state index contributed by atoms with van der Waals surface area (Å²) in [6.45, 7) is 4.14. The number of nitro groups is 1. The zero-order valence-electron chi connectivity index (χ0n) is 13.7. The zero-order chi connectivity index (χ0) is 17.7. The fourth-order valence-electron chi connectivity index (χ4n) is 2.88. The lowest BCUT2D eigenvalue weighted by molar-refractivity contribution is -0.384. The van der Waals surface area contributed by atoms with E-state index in [1.807, 2.05) is 11.0 Å². The fourth-order valence-corrected chi connectivity index (χ4v) is 2.88. The number of benzene rings is 1. The number of non-ortho nitro benzene ring substituents is 1. The number of hydrogen-bond acceptors (Lipinski definition) is 5. The highest BCUT2D eigenvalue weighted by molar-refractivity contribution is 6.06. The van der Waals surface area contributed by atoms with Gasteiger partial charge in [-0.3, -0.25) is 14.9 Å². The van der Waals surface area contributed by atoms with Crippen LogP contribution in [0.1, 0.15) is 33.1 Å². The van der Waals surface area contributed by atoms with Crippen LogP contribution in [-0.2, 0) is 4.79 Å². The number of hydrogen-bond donors (Lipinski definition) is 1. The lowest BCUT2D eigenvalue weighted by Crippen LogP contribution is -2.40. The molecule has 7 nitrogen and oxygen atoms in total. The molecule has 1 aromatic carbocycles. The first-order valence-corrected chi connectivity index (χ1v) is 7.87. The Morgan fingerprint density at radius 2 is 2.08 bits per heavy atom. The number of rotatable bonds is 4. The van der Waals surface area contributed by atoms with Crippen molar-refractivity contribution in [2.24, 2.45) is 0 Å². The summed E-state index contributed by atoms with van der Waals surface area (Å²) < 4.78 is 0. The summed E-state index contributed by atoms with van der Waals surface area (Å²) in [7, 11) is 0. The van der Waals surface area contributed by atoms with E-state index in [0.717, 1.165) is 19.3 Å². The molecule has 1 saturated heterocycles. The Bertz CT molecular complexity index is 698. The van der Waals surface area contributed by atoms with Crippen molar-refractivity contribution in [2.75, 3.05) is 5.32 Å². The largest absolute Gasteiger partial charge is 0.371 e.